The van der Waals surface area contributed by atoms with Crippen LogP contribution in [0.5, 0.6) is 0 Å². The molecule has 4 N–H and O–H groups in total. The zero-order chi connectivity index (χ0) is 10.3. The zero-order valence-electron chi connectivity index (χ0n) is 8.96. The monoisotopic (exact) mass is 187 g/mol. The topological polar surface area (TPSA) is 65.7 Å². The minimum absolute atomic E-state index is 0.372. The first-order valence-corrected chi connectivity index (χ1v) is 4.44. The van der Waals surface area contributed by atoms with Crippen molar-refractivity contribution in [2.75, 3.05) is 27.7 Å². The highest BCUT2D eigenvalue weighted by molar-refractivity contribution is 5.79. The quantitative estimate of drug-likeness (QED) is 0.237. The van der Waals surface area contributed by atoms with Crippen LogP contribution in [-0.4, -0.2) is 44.6 Å². The smallest absolute Gasteiger partial charge is 0.205 e. The third kappa shape index (κ3) is 6.36. The lowest BCUT2D eigenvalue weighted by Gasteiger charge is -2.18. The predicted octanol–water partition coefficient (Wildman–Crippen LogP) is -0.635. The van der Waals surface area contributed by atoms with Gasteiger partial charge in [-0.2, -0.15) is 0 Å². The van der Waals surface area contributed by atoms with E-state index in [1.807, 2.05) is 0 Å². The molecule has 5 heteroatoms. The number of nitrogens with zero attached hydrogens (tertiary/aromatic N) is 2. The summed E-state index contributed by atoms with van der Waals surface area (Å²) in [6, 6.07) is 0.372. The summed E-state index contributed by atoms with van der Waals surface area (Å²) in [6.45, 7) is 3.15. The minimum Gasteiger partial charge on any atom is -0.353 e. The van der Waals surface area contributed by atoms with Gasteiger partial charge in [-0.1, -0.05) is 0 Å². The summed E-state index contributed by atoms with van der Waals surface area (Å²) < 4.78 is 0. The van der Waals surface area contributed by atoms with Gasteiger partial charge in [0.2, 0.25) is 5.96 Å². The van der Waals surface area contributed by atoms with Crippen molar-refractivity contribution in [3.8, 4) is 0 Å². The molecule has 0 saturated heterocycles. The second-order valence-corrected chi connectivity index (χ2v) is 3.35. The molecule has 0 aliphatic rings. The Morgan fingerprint density at radius 2 is 2.15 bits per heavy atom. The van der Waals surface area contributed by atoms with Crippen LogP contribution in [0.4, 0.5) is 0 Å². The summed E-state index contributed by atoms with van der Waals surface area (Å²) in [6.07, 6.45) is 1.06. The average molecular weight is 187 g/mol. The van der Waals surface area contributed by atoms with Crippen molar-refractivity contribution < 1.29 is 0 Å². The van der Waals surface area contributed by atoms with Crippen LogP contribution in [0.25, 0.3) is 0 Å². The molecule has 0 heterocycles. The summed E-state index contributed by atoms with van der Waals surface area (Å²) >= 11 is 0. The highest BCUT2D eigenvalue weighted by atomic mass is 15.3. The molecule has 0 radical (unpaired) electrons. The lowest BCUT2D eigenvalue weighted by molar-refractivity contribution is 0.378. The van der Waals surface area contributed by atoms with Gasteiger partial charge in [0, 0.05) is 13.1 Å². The zero-order valence-corrected chi connectivity index (χ0v) is 8.96. The fourth-order valence-corrected chi connectivity index (χ4v) is 0.928. The van der Waals surface area contributed by atoms with E-state index in [4.69, 9.17) is 5.84 Å². The second-order valence-electron chi connectivity index (χ2n) is 3.35. The molecule has 0 spiro atoms. The summed E-state index contributed by atoms with van der Waals surface area (Å²) in [7, 11) is 5.81. The van der Waals surface area contributed by atoms with Crippen molar-refractivity contribution in [3.05, 3.63) is 0 Å². The lowest BCUT2D eigenvalue weighted by Crippen LogP contribution is -2.46. The van der Waals surface area contributed by atoms with Gasteiger partial charge in [-0.15, -0.1) is 0 Å². The minimum atomic E-state index is 0.372. The van der Waals surface area contributed by atoms with Crippen LogP contribution in [0.3, 0.4) is 0 Å². The van der Waals surface area contributed by atoms with Crippen molar-refractivity contribution in [2.24, 2.45) is 10.8 Å². The first kappa shape index (κ1) is 12.2. The van der Waals surface area contributed by atoms with Gasteiger partial charge in [-0.3, -0.25) is 10.4 Å². The first-order chi connectivity index (χ1) is 6.10. The van der Waals surface area contributed by atoms with E-state index in [2.05, 4.69) is 41.7 Å². The molecule has 13 heavy (non-hydrogen) atoms. The Kier molecular flexibility index (Phi) is 6.26. The third-order valence-corrected chi connectivity index (χ3v) is 1.75. The third-order valence-electron chi connectivity index (χ3n) is 1.75. The summed E-state index contributed by atoms with van der Waals surface area (Å²) in [5.41, 5.74) is 2.50. The fourth-order valence-electron chi connectivity index (χ4n) is 0.928. The van der Waals surface area contributed by atoms with Crippen molar-refractivity contribution >= 4 is 5.96 Å². The molecule has 0 aliphatic heterocycles. The molecule has 0 amide bonds. The number of rotatable bonds is 4. The van der Waals surface area contributed by atoms with Gasteiger partial charge < -0.3 is 10.2 Å². The van der Waals surface area contributed by atoms with E-state index in [-0.39, 0.29) is 0 Å². The molecule has 1 unspecified atom stereocenters. The van der Waals surface area contributed by atoms with Crippen LogP contribution in [0.15, 0.2) is 4.99 Å². The highest BCUT2D eigenvalue weighted by Gasteiger charge is 2.03. The fraction of sp³-hybridized carbons (Fsp3) is 0.875. The van der Waals surface area contributed by atoms with E-state index >= 15 is 0 Å². The van der Waals surface area contributed by atoms with Crippen LogP contribution in [0, 0.1) is 0 Å². The maximum Gasteiger partial charge on any atom is 0.205 e. The van der Waals surface area contributed by atoms with E-state index in [1.165, 1.54) is 0 Å². The van der Waals surface area contributed by atoms with Crippen LogP contribution in [0.1, 0.15) is 13.3 Å². The lowest BCUT2D eigenvalue weighted by atomic mass is 10.2. The Labute approximate surface area is 80.4 Å². The van der Waals surface area contributed by atoms with Crippen molar-refractivity contribution in [3.63, 3.8) is 0 Å². The van der Waals surface area contributed by atoms with E-state index in [0.29, 0.717) is 12.0 Å². The van der Waals surface area contributed by atoms with Crippen LogP contribution in [0.2, 0.25) is 0 Å². The Morgan fingerprint density at radius 1 is 1.54 bits per heavy atom. The number of nitrogens with two attached hydrogens (primary N) is 1. The normalized spacial score (nSPS) is 14.5. The van der Waals surface area contributed by atoms with E-state index in [1.54, 1.807) is 7.05 Å². The van der Waals surface area contributed by atoms with E-state index < -0.39 is 0 Å². The number of nitrogens with one attached hydrogen (secondary N) is 2. The van der Waals surface area contributed by atoms with Gasteiger partial charge in [0.05, 0.1) is 0 Å². The summed E-state index contributed by atoms with van der Waals surface area (Å²) in [5, 5.41) is 3.16. The molecule has 1 atom stereocenters. The van der Waals surface area contributed by atoms with Crippen molar-refractivity contribution in [2.45, 2.75) is 19.4 Å². The average Bonchev–Trinajstić information content (AvgIpc) is 2.10. The molecular formula is C8H21N5. The van der Waals surface area contributed by atoms with Gasteiger partial charge in [0.25, 0.3) is 0 Å². The number of hydrogen-bond donors (Lipinski definition) is 3. The maximum atomic E-state index is 5.23. The molecule has 0 aromatic carbocycles. The van der Waals surface area contributed by atoms with E-state index in [9.17, 15) is 0 Å². The largest absolute Gasteiger partial charge is 0.353 e. The second kappa shape index (κ2) is 6.68. The van der Waals surface area contributed by atoms with Crippen molar-refractivity contribution in [1.29, 1.82) is 0 Å². The number of aliphatic imine (C=N–C) groups is 1. The Balaban J connectivity index is 3.66. The maximum absolute atomic E-state index is 5.23. The molecule has 0 rings (SSSR count). The predicted molar refractivity (Wildman–Crippen MR) is 56.5 cm³/mol. The van der Waals surface area contributed by atoms with Crippen LogP contribution in [-0.2, 0) is 0 Å². The van der Waals surface area contributed by atoms with E-state index in [0.717, 1.165) is 13.0 Å². The molecule has 78 valence electrons. The molecule has 0 aromatic rings. The summed E-state index contributed by atoms with van der Waals surface area (Å²) in [4.78, 5) is 6.08. The van der Waals surface area contributed by atoms with Crippen LogP contribution >= 0.6 is 0 Å². The molecule has 0 fully saturated rings. The Morgan fingerprint density at radius 3 is 2.54 bits per heavy atom. The Hall–Kier alpha value is -0.810. The molecular weight excluding hydrogens is 166 g/mol. The molecule has 0 aromatic heterocycles. The molecule has 0 bridgehead atoms. The summed E-state index contributed by atoms with van der Waals surface area (Å²) in [5.74, 6) is 5.86. The number of hydrogen-bond acceptors (Lipinski definition) is 3. The first-order valence-electron chi connectivity index (χ1n) is 4.44. The van der Waals surface area contributed by atoms with Gasteiger partial charge in [-0.25, -0.2) is 5.84 Å². The number of guanidine groups is 1. The van der Waals surface area contributed by atoms with Gasteiger partial charge in [0.1, 0.15) is 0 Å². The molecule has 5 nitrogen and oxygen atoms in total. The van der Waals surface area contributed by atoms with Gasteiger partial charge in [0.15, 0.2) is 0 Å². The molecule has 0 aliphatic carbocycles. The van der Waals surface area contributed by atoms with Crippen molar-refractivity contribution in [1.82, 2.24) is 15.6 Å². The number of hydrazine groups is 1. The van der Waals surface area contributed by atoms with Crippen LogP contribution < -0.4 is 16.6 Å². The van der Waals surface area contributed by atoms with Gasteiger partial charge >= 0.3 is 0 Å². The van der Waals surface area contributed by atoms with Gasteiger partial charge in [-0.05, 0) is 34.0 Å². The Bertz CT molecular complexity index is 155. The SMILES string of the molecule is CN=C(NN)NC(C)CCN(C)C. The standard InChI is InChI=1S/C8H21N5/c1-7(5-6-13(3)4)11-8(10-2)12-9/h7H,5-6,9H2,1-4H3,(H2,10,11,12). The highest BCUT2D eigenvalue weighted by Crippen LogP contribution is 1.91. The molecule has 0 saturated carbocycles.